The smallest absolute Gasteiger partial charge is 0.0303 e. The third kappa shape index (κ3) is 4.45. The second kappa shape index (κ2) is 7.19. The van der Waals surface area contributed by atoms with Crippen molar-refractivity contribution in [2.24, 2.45) is 5.84 Å². The number of rotatable bonds is 5. The van der Waals surface area contributed by atoms with Gasteiger partial charge in [0.2, 0.25) is 0 Å². The monoisotopic (exact) mass is 250 g/mol. The zero-order chi connectivity index (χ0) is 13.3. The van der Waals surface area contributed by atoms with E-state index in [1.165, 1.54) is 5.56 Å². The maximum absolute atomic E-state index is 5.55. The van der Waals surface area contributed by atoms with Gasteiger partial charge in [0.1, 0.15) is 0 Å². The molecule has 0 atom stereocenters. The van der Waals surface area contributed by atoms with Crippen LogP contribution in [0.5, 0.6) is 0 Å². The van der Waals surface area contributed by atoms with Crippen molar-refractivity contribution in [3.05, 3.63) is 83.6 Å². The summed E-state index contributed by atoms with van der Waals surface area (Å²) in [4.78, 5) is 0. The normalized spacial score (nSPS) is 11.7. The first-order chi connectivity index (χ1) is 9.38. The van der Waals surface area contributed by atoms with Crippen LogP contribution in [0.3, 0.4) is 0 Å². The molecule has 2 aromatic carbocycles. The summed E-state index contributed by atoms with van der Waals surface area (Å²) >= 11 is 0. The van der Waals surface area contributed by atoms with E-state index in [0.29, 0.717) is 0 Å². The molecule has 0 aliphatic rings. The fraction of sp³-hybridized carbons (Fsp3) is 0.0588. The van der Waals surface area contributed by atoms with Crippen molar-refractivity contribution in [3.8, 4) is 0 Å². The van der Waals surface area contributed by atoms with E-state index in [-0.39, 0.29) is 0 Å². The van der Waals surface area contributed by atoms with Crippen molar-refractivity contribution in [3.63, 3.8) is 0 Å². The summed E-state index contributed by atoms with van der Waals surface area (Å²) in [5.74, 6) is 5.55. The van der Waals surface area contributed by atoms with Gasteiger partial charge in [0.05, 0.1) is 0 Å². The summed E-state index contributed by atoms with van der Waals surface area (Å²) in [5.41, 5.74) is 6.07. The Labute approximate surface area is 114 Å². The highest BCUT2D eigenvalue weighted by Gasteiger charge is 1.93. The van der Waals surface area contributed by atoms with Crippen molar-refractivity contribution in [1.82, 2.24) is 5.43 Å². The molecule has 0 heterocycles. The molecule has 0 saturated carbocycles. The molecule has 0 unspecified atom stereocenters. The lowest BCUT2D eigenvalue weighted by molar-refractivity contribution is 0.862. The number of nitrogens with one attached hydrogen (secondary N) is 1. The first-order valence-corrected chi connectivity index (χ1v) is 6.32. The summed E-state index contributed by atoms with van der Waals surface area (Å²) in [6.07, 6.45) is 7.02. The SMILES string of the molecule is NNC(=Cc1ccccc1)CC=Cc1ccccc1. The average molecular weight is 250 g/mol. The van der Waals surface area contributed by atoms with E-state index in [9.17, 15) is 0 Å². The van der Waals surface area contributed by atoms with Gasteiger partial charge in [0.25, 0.3) is 0 Å². The van der Waals surface area contributed by atoms with Gasteiger partial charge >= 0.3 is 0 Å². The summed E-state index contributed by atoms with van der Waals surface area (Å²) in [5, 5.41) is 0. The van der Waals surface area contributed by atoms with Crippen LogP contribution in [-0.2, 0) is 0 Å². The Balaban J connectivity index is 2.00. The molecule has 0 spiro atoms. The van der Waals surface area contributed by atoms with E-state index in [2.05, 4.69) is 47.9 Å². The van der Waals surface area contributed by atoms with Crippen LogP contribution >= 0.6 is 0 Å². The molecule has 0 aliphatic heterocycles. The lowest BCUT2D eigenvalue weighted by atomic mass is 10.1. The molecule has 3 N–H and O–H groups in total. The summed E-state index contributed by atoms with van der Waals surface area (Å²) in [7, 11) is 0. The molecular formula is C17H18N2. The average Bonchev–Trinajstić information content (AvgIpc) is 2.48. The molecule has 2 nitrogen and oxygen atoms in total. The molecule has 96 valence electrons. The quantitative estimate of drug-likeness (QED) is 0.628. The molecule has 0 radical (unpaired) electrons. The van der Waals surface area contributed by atoms with Gasteiger partial charge in [-0.25, -0.2) is 0 Å². The Morgan fingerprint density at radius 2 is 1.47 bits per heavy atom. The van der Waals surface area contributed by atoms with Crippen molar-refractivity contribution in [1.29, 1.82) is 0 Å². The predicted molar refractivity (Wildman–Crippen MR) is 81.8 cm³/mol. The number of hydrogen-bond acceptors (Lipinski definition) is 2. The van der Waals surface area contributed by atoms with Crippen molar-refractivity contribution < 1.29 is 0 Å². The Kier molecular flexibility index (Phi) is 4.96. The fourth-order valence-electron chi connectivity index (χ4n) is 1.80. The maximum Gasteiger partial charge on any atom is 0.0303 e. The molecule has 2 rings (SSSR count). The Morgan fingerprint density at radius 1 is 0.895 bits per heavy atom. The minimum absolute atomic E-state index is 0.778. The highest BCUT2D eigenvalue weighted by atomic mass is 15.2. The molecule has 19 heavy (non-hydrogen) atoms. The molecule has 2 aromatic rings. The molecule has 0 fully saturated rings. The largest absolute Gasteiger partial charge is 0.328 e. The minimum Gasteiger partial charge on any atom is -0.328 e. The first kappa shape index (κ1) is 13.1. The lowest BCUT2D eigenvalue weighted by Gasteiger charge is -2.03. The number of hydrazine groups is 1. The van der Waals surface area contributed by atoms with Crippen LogP contribution in [0, 0.1) is 0 Å². The number of allylic oxidation sites excluding steroid dienone is 1. The van der Waals surface area contributed by atoms with Crippen LogP contribution in [0.25, 0.3) is 12.2 Å². The van der Waals surface area contributed by atoms with Gasteiger partial charge in [0.15, 0.2) is 0 Å². The van der Waals surface area contributed by atoms with Crippen LogP contribution in [0.4, 0.5) is 0 Å². The van der Waals surface area contributed by atoms with Crippen LogP contribution in [0.2, 0.25) is 0 Å². The van der Waals surface area contributed by atoms with Crippen LogP contribution in [-0.4, -0.2) is 0 Å². The van der Waals surface area contributed by atoms with Gasteiger partial charge in [0, 0.05) is 12.1 Å². The minimum atomic E-state index is 0.778. The predicted octanol–water partition coefficient (Wildman–Crippen LogP) is 3.59. The number of nitrogens with two attached hydrogens (primary N) is 1. The van der Waals surface area contributed by atoms with Gasteiger partial charge in [-0.2, -0.15) is 0 Å². The summed E-state index contributed by atoms with van der Waals surface area (Å²) in [6.45, 7) is 0. The highest BCUT2D eigenvalue weighted by Crippen LogP contribution is 2.09. The Morgan fingerprint density at radius 3 is 2.05 bits per heavy atom. The summed E-state index contributed by atoms with van der Waals surface area (Å²) in [6, 6.07) is 20.4. The van der Waals surface area contributed by atoms with Gasteiger partial charge in [-0.05, 0) is 17.2 Å². The van der Waals surface area contributed by atoms with E-state index in [1.54, 1.807) is 0 Å². The van der Waals surface area contributed by atoms with Crippen LogP contribution < -0.4 is 11.3 Å². The van der Waals surface area contributed by atoms with Crippen molar-refractivity contribution in [2.45, 2.75) is 6.42 Å². The molecule has 2 heteroatoms. The van der Waals surface area contributed by atoms with E-state index < -0.39 is 0 Å². The molecule has 0 saturated heterocycles. The number of hydrogen-bond donors (Lipinski definition) is 2. The molecule has 0 bridgehead atoms. The van der Waals surface area contributed by atoms with E-state index in [0.717, 1.165) is 17.7 Å². The van der Waals surface area contributed by atoms with E-state index in [1.807, 2.05) is 36.4 Å². The Hall–Kier alpha value is -2.32. The van der Waals surface area contributed by atoms with Gasteiger partial charge in [-0.15, -0.1) is 0 Å². The first-order valence-electron chi connectivity index (χ1n) is 6.32. The maximum atomic E-state index is 5.55. The molecule has 0 amide bonds. The third-order valence-electron chi connectivity index (χ3n) is 2.77. The fourth-order valence-corrected chi connectivity index (χ4v) is 1.80. The van der Waals surface area contributed by atoms with E-state index >= 15 is 0 Å². The lowest BCUT2D eigenvalue weighted by Crippen LogP contribution is -2.20. The zero-order valence-electron chi connectivity index (χ0n) is 10.8. The van der Waals surface area contributed by atoms with E-state index in [4.69, 9.17) is 5.84 Å². The number of benzene rings is 2. The van der Waals surface area contributed by atoms with Gasteiger partial charge in [-0.3, -0.25) is 5.84 Å². The second-order valence-corrected chi connectivity index (χ2v) is 4.24. The molecular weight excluding hydrogens is 232 g/mol. The molecule has 0 aliphatic carbocycles. The highest BCUT2D eigenvalue weighted by molar-refractivity contribution is 5.54. The topological polar surface area (TPSA) is 38.0 Å². The standard InChI is InChI=1S/C17H18N2/c18-19-17(14-16-10-5-2-6-11-16)13-7-12-15-8-3-1-4-9-15/h1-12,14,19H,13,18H2. The van der Waals surface area contributed by atoms with Crippen LogP contribution in [0.15, 0.2) is 72.4 Å². The zero-order valence-corrected chi connectivity index (χ0v) is 10.8. The third-order valence-corrected chi connectivity index (χ3v) is 2.77. The van der Waals surface area contributed by atoms with Crippen molar-refractivity contribution in [2.75, 3.05) is 0 Å². The van der Waals surface area contributed by atoms with Gasteiger partial charge in [-0.1, -0.05) is 72.8 Å². The van der Waals surface area contributed by atoms with Crippen LogP contribution in [0.1, 0.15) is 17.5 Å². The summed E-state index contributed by atoms with van der Waals surface area (Å²) < 4.78 is 0. The Bertz CT molecular complexity index is 542. The van der Waals surface area contributed by atoms with Crippen molar-refractivity contribution >= 4 is 12.2 Å². The molecule has 0 aromatic heterocycles. The van der Waals surface area contributed by atoms with Gasteiger partial charge < -0.3 is 5.43 Å². The second-order valence-electron chi connectivity index (χ2n) is 4.24.